The van der Waals surface area contributed by atoms with Crippen LogP contribution in [0.15, 0.2) is 24.3 Å². The summed E-state index contributed by atoms with van der Waals surface area (Å²) < 4.78 is 105. The Balaban J connectivity index is 1.95. The van der Waals surface area contributed by atoms with Gasteiger partial charge in [-0.2, -0.15) is 18.0 Å². The molecule has 0 saturated heterocycles. The highest BCUT2D eigenvalue weighted by atomic mass is 19.4. The van der Waals surface area contributed by atoms with Gasteiger partial charge in [0.25, 0.3) is 0 Å². The predicted octanol–water partition coefficient (Wildman–Crippen LogP) is 4.10. The van der Waals surface area contributed by atoms with Crippen molar-refractivity contribution in [3.05, 3.63) is 64.5 Å². The summed E-state index contributed by atoms with van der Waals surface area (Å²) in [5.74, 6) is -11.0. The number of hydrogen-bond donors (Lipinski definition) is 0. The molecule has 0 amide bonds. The van der Waals surface area contributed by atoms with Crippen molar-refractivity contribution < 1.29 is 35.1 Å². The SMILES string of the molecule is Fc1c(F)c(F)c(Cn2nnc(-c3cccc(C(F)(F)F)c3)n2)c(F)c1F. The quantitative estimate of drug-likeness (QED) is 0.382. The third-order valence-corrected chi connectivity index (χ3v) is 3.50. The smallest absolute Gasteiger partial charge is 0.203 e. The zero-order valence-corrected chi connectivity index (χ0v) is 12.8. The molecule has 0 unspecified atom stereocenters. The lowest BCUT2D eigenvalue weighted by Gasteiger charge is -2.07. The van der Waals surface area contributed by atoms with Crippen molar-refractivity contribution in [2.75, 3.05) is 0 Å². The van der Waals surface area contributed by atoms with E-state index < -0.39 is 52.9 Å². The summed E-state index contributed by atoms with van der Waals surface area (Å²) in [5, 5.41) is 10.4. The topological polar surface area (TPSA) is 43.6 Å². The van der Waals surface area contributed by atoms with Crippen LogP contribution in [-0.4, -0.2) is 20.2 Å². The van der Waals surface area contributed by atoms with E-state index >= 15 is 0 Å². The first-order valence-electron chi connectivity index (χ1n) is 7.05. The number of benzene rings is 2. The normalized spacial score (nSPS) is 11.9. The molecule has 27 heavy (non-hydrogen) atoms. The lowest BCUT2D eigenvalue weighted by Crippen LogP contribution is -2.13. The molecule has 0 atom stereocenters. The van der Waals surface area contributed by atoms with Gasteiger partial charge in [0.15, 0.2) is 23.3 Å². The van der Waals surface area contributed by atoms with Crippen LogP contribution in [0.4, 0.5) is 35.1 Å². The van der Waals surface area contributed by atoms with Crippen LogP contribution in [0.1, 0.15) is 11.1 Å². The zero-order valence-electron chi connectivity index (χ0n) is 12.8. The second-order valence-corrected chi connectivity index (χ2v) is 5.27. The van der Waals surface area contributed by atoms with E-state index in [1.54, 1.807) is 0 Å². The highest BCUT2D eigenvalue weighted by Gasteiger charge is 2.31. The van der Waals surface area contributed by atoms with Gasteiger partial charge in [-0.3, -0.25) is 0 Å². The Bertz CT molecular complexity index is 983. The minimum atomic E-state index is -4.62. The molecule has 3 rings (SSSR count). The van der Waals surface area contributed by atoms with Crippen LogP contribution >= 0.6 is 0 Å². The highest BCUT2D eigenvalue weighted by Crippen LogP contribution is 2.31. The molecule has 1 aromatic heterocycles. The second-order valence-electron chi connectivity index (χ2n) is 5.27. The summed E-state index contributed by atoms with van der Waals surface area (Å²) in [6, 6.07) is 3.85. The maximum atomic E-state index is 13.7. The lowest BCUT2D eigenvalue weighted by atomic mass is 10.1. The minimum Gasteiger partial charge on any atom is -0.203 e. The van der Waals surface area contributed by atoms with Crippen molar-refractivity contribution in [1.82, 2.24) is 20.2 Å². The fourth-order valence-electron chi connectivity index (χ4n) is 2.19. The average Bonchev–Trinajstić information content (AvgIpc) is 3.10. The average molecular weight is 394 g/mol. The van der Waals surface area contributed by atoms with Gasteiger partial charge < -0.3 is 0 Å². The van der Waals surface area contributed by atoms with Gasteiger partial charge in [0.1, 0.15) is 0 Å². The Labute approximate surface area is 145 Å². The van der Waals surface area contributed by atoms with E-state index in [1.165, 1.54) is 6.07 Å². The largest absolute Gasteiger partial charge is 0.416 e. The molecule has 4 nitrogen and oxygen atoms in total. The molecule has 0 radical (unpaired) electrons. The Morgan fingerprint density at radius 1 is 0.852 bits per heavy atom. The molecule has 0 spiro atoms. The fraction of sp³-hybridized carbons (Fsp3) is 0.133. The van der Waals surface area contributed by atoms with Crippen LogP contribution in [0.2, 0.25) is 0 Å². The van der Waals surface area contributed by atoms with Gasteiger partial charge in [-0.25, -0.2) is 22.0 Å². The van der Waals surface area contributed by atoms with E-state index in [9.17, 15) is 35.1 Å². The molecule has 0 bridgehead atoms. The third kappa shape index (κ3) is 3.46. The van der Waals surface area contributed by atoms with Crippen LogP contribution in [-0.2, 0) is 12.7 Å². The molecular formula is C15H6F8N4. The van der Waals surface area contributed by atoms with Gasteiger partial charge >= 0.3 is 6.18 Å². The molecule has 0 aliphatic carbocycles. The second kappa shape index (κ2) is 6.59. The van der Waals surface area contributed by atoms with Crippen LogP contribution in [0, 0.1) is 29.1 Å². The van der Waals surface area contributed by atoms with Crippen molar-refractivity contribution in [3.8, 4) is 11.4 Å². The molecule has 1 heterocycles. The lowest BCUT2D eigenvalue weighted by molar-refractivity contribution is -0.137. The summed E-state index contributed by atoms with van der Waals surface area (Å²) >= 11 is 0. The van der Waals surface area contributed by atoms with Crippen LogP contribution in [0.25, 0.3) is 11.4 Å². The van der Waals surface area contributed by atoms with Gasteiger partial charge in [-0.15, -0.1) is 10.2 Å². The molecule has 0 saturated carbocycles. The van der Waals surface area contributed by atoms with Crippen molar-refractivity contribution in [2.24, 2.45) is 0 Å². The first-order valence-corrected chi connectivity index (χ1v) is 7.05. The van der Waals surface area contributed by atoms with Gasteiger partial charge in [-0.1, -0.05) is 12.1 Å². The van der Waals surface area contributed by atoms with E-state index in [4.69, 9.17) is 0 Å². The maximum absolute atomic E-state index is 13.7. The van der Waals surface area contributed by atoms with E-state index in [2.05, 4.69) is 15.4 Å². The molecule has 0 aliphatic heterocycles. The van der Waals surface area contributed by atoms with Gasteiger partial charge in [0.05, 0.1) is 17.7 Å². The molecule has 0 aliphatic rings. The molecule has 0 fully saturated rings. The number of nitrogens with zero attached hydrogens (tertiary/aromatic N) is 4. The fourth-order valence-corrected chi connectivity index (χ4v) is 2.19. The Morgan fingerprint density at radius 2 is 1.44 bits per heavy atom. The summed E-state index contributed by atoms with van der Waals surface area (Å²) in [5.41, 5.74) is -2.30. The molecule has 142 valence electrons. The zero-order chi connectivity index (χ0) is 19.9. The van der Waals surface area contributed by atoms with E-state index in [-0.39, 0.29) is 11.4 Å². The minimum absolute atomic E-state index is 0.103. The molecule has 0 N–H and O–H groups in total. The predicted molar refractivity (Wildman–Crippen MR) is 73.6 cm³/mol. The van der Waals surface area contributed by atoms with Crippen LogP contribution in [0.3, 0.4) is 0 Å². The van der Waals surface area contributed by atoms with Crippen molar-refractivity contribution in [2.45, 2.75) is 12.7 Å². The number of alkyl halides is 3. The van der Waals surface area contributed by atoms with E-state index in [1.807, 2.05) is 0 Å². The van der Waals surface area contributed by atoms with Crippen LogP contribution in [0.5, 0.6) is 0 Å². The van der Waals surface area contributed by atoms with Gasteiger partial charge in [0, 0.05) is 5.56 Å². The van der Waals surface area contributed by atoms with Crippen molar-refractivity contribution >= 4 is 0 Å². The van der Waals surface area contributed by atoms with Crippen LogP contribution < -0.4 is 0 Å². The summed E-state index contributed by atoms with van der Waals surface area (Å²) in [7, 11) is 0. The molecule has 12 heteroatoms. The van der Waals surface area contributed by atoms with Gasteiger partial charge in [-0.05, 0) is 17.3 Å². The number of aromatic nitrogens is 4. The number of tetrazole rings is 1. The monoisotopic (exact) mass is 394 g/mol. The van der Waals surface area contributed by atoms with E-state index in [0.717, 1.165) is 18.2 Å². The number of rotatable bonds is 3. The maximum Gasteiger partial charge on any atom is 0.416 e. The molecule has 3 aromatic rings. The van der Waals surface area contributed by atoms with Crippen molar-refractivity contribution in [1.29, 1.82) is 0 Å². The first-order chi connectivity index (χ1) is 12.6. The van der Waals surface area contributed by atoms with Crippen molar-refractivity contribution in [3.63, 3.8) is 0 Å². The molecule has 2 aromatic carbocycles. The van der Waals surface area contributed by atoms with Gasteiger partial charge in [0.2, 0.25) is 11.6 Å². The Kier molecular flexibility index (Phi) is 4.57. The summed E-state index contributed by atoms with van der Waals surface area (Å²) in [4.78, 5) is 0.494. The standard InChI is InChI=1S/C15H6F8N4/c16-9-8(10(17)12(19)13(20)11(9)18)5-27-25-14(24-26-27)6-2-1-3-7(4-6)15(21,22)23/h1-4H,5H2. The molecular weight excluding hydrogens is 388 g/mol. The Hall–Kier alpha value is -3.05. The Morgan fingerprint density at radius 3 is 2.04 bits per heavy atom. The first kappa shape index (κ1) is 18.7. The highest BCUT2D eigenvalue weighted by molar-refractivity contribution is 5.55. The number of hydrogen-bond acceptors (Lipinski definition) is 3. The summed E-state index contributed by atoms with van der Waals surface area (Å²) in [6.45, 7) is -0.974. The third-order valence-electron chi connectivity index (χ3n) is 3.50. The summed E-state index contributed by atoms with van der Waals surface area (Å²) in [6.07, 6.45) is -4.62. The van der Waals surface area contributed by atoms with E-state index in [0.29, 0.717) is 4.80 Å². The number of halogens is 8.